The predicted octanol–water partition coefficient (Wildman–Crippen LogP) is 4.05. The Morgan fingerprint density at radius 2 is 1.47 bits per heavy atom. The van der Waals surface area contributed by atoms with Crippen molar-refractivity contribution in [3.63, 3.8) is 0 Å². The zero-order valence-corrected chi connectivity index (χ0v) is 32.7. The van der Waals surface area contributed by atoms with Crippen LogP contribution >= 0.6 is 34.8 Å². The second kappa shape index (κ2) is 26.3. The van der Waals surface area contributed by atoms with Gasteiger partial charge in [0, 0.05) is 29.6 Å². The number of hydrogen-bond donors (Lipinski definition) is 2. The Bertz CT molecular complexity index is 1460. The summed E-state index contributed by atoms with van der Waals surface area (Å²) in [6.45, 7) is 7.68. The summed E-state index contributed by atoms with van der Waals surface area (Å²) in [7, 11) is 0. The molecule has 0 saturated heterocycles. The maximum absolute atomic E-state index is 12.2. The SMILES string of the molecule is CCO.CCOC(=O)CC(=O)C1CC1.CCOC(=O)c1c(-c2ccccc2Cl)noc1C1CC1.CC[O-].O/N=C(\Cl)c1ccccc1Cl.[Na+]. The van der Waals surface area contributed by atoms with E-state index >= 15 is 0 Å². The Labute approximate surface area is 324 Å². The average Bonchev–Trinajstić information content (AvgIpc) is 4.01. The van der Waals surface area contributed by atoms with Crippen LogP contribution in [0.15, 0.2) is 58.2 Å². The summed E-state index contributed by atoms with van der Waals surface area (Å²) in [5, 5.41) is 32.7. The normalized spacial score (nSPS) is 12.8. The molecule has 2 N–H and O–H groups in total. The maximum atomic E-state index is 12.2. The van der Waals surface area contributed by atoms with E-state index in [1.807, 2.05) is 18.2 Å². The molecule has 2 aliphatic rings. The van der Waals surface area contributed by atoms with Gasteiger partial charge >= 0.3 is 41.5 Å². The van der Waals surface area contributed by atoms with E-state index in [4.69, 9.17) is 59.5 Å². The topological polar surface area (TPSA) is 172 Å². The number of rotatable bonds is 9. The molecule has 15 heteroatoms. The molecular formula is C34H42Cl3N2NaO9. The number of aliphatic hydroxyl groups excluding tert-OH is 1. The van der Waals surface area contributed by atoms with Gasteiger partial charge in [-0.25, -0.2) is 4.79 Å². The van der Waals surface area contributed by atoms with Crippen molar-refractivity contribution in [2.45, 2.75) is 65.7 Å². The molecule has 0 atom stereocenters. The van der Waals surface area contributed by atoms with Crippen molar-refractivity contribution >= 4 is 57.7 Å². The number of aliphatic hydroxyl groups is 1. The minimum atomic E-state index is -0.398. The number of Topliss-reactive ketones (excluding diaryl/α,β-unsaturated/α-hetero) is 1. The van der Waals surface area contributed by atoms with Crippen LogP contribution in [0.5, 0.6) is 0 Å². The minimum Gasteiger partial charge on any atom is -0.855 e. The van der Waals surface area contributed by atoms with Gasteiger partial charge in [0.05, 0.1) is 23.3 Å². The average molecular weight is 752 g/mol. The molecule has 2 fully saturated rings. The molecular weight excluding hydrogens is 710 g/mol. The van der Waals surface area contributed by atoms with E-state index in [-0.39, 0.29) is 78.0 Å². The van der Waals surface area contributed by atoms with E-state index in [2.05, 4.69) is 15.0 Å². The fourth-order valence-corrected chi connectivity index (χ4v) is 4.41. The molecule has 264 valence electrons. The Kier molecular flexibility index (Phi) is 25.0. The molecule has 2 aromatic carbocycles. The minimum absolute atomic E-state index is 0. The fraction of sp³-hybridized carbons (Fsp3) is 0.441. The van der Waals surface area contributed by atoms with E-state index in [1.54, 1.807) is 58.0 Å². The summed E-state index contributed by atoms with van der Waals surface area (Å²) in [5.74, 6) is 0.328. The number of ketones is 1. The number of carbonyl (C=O) groups is 3. The van der Waals surface area contributed by atoms with Crippen LogP contribution in [-0.4, -0.2) is 64.8 Å². The van der Waals surface area contributed by atoms with Gasteiger partial charge in [0.2, 0.25) is 0 Å². The van der Waals surface area contributed by atoms with E-state index in [0.29, 0.717) is 51.4 Å². The fourth-order valence-electron chi connectivity index (χ4n) is 3.75. The van der Waals surface area contributed by atoms with Gasteiger partial charge in [-0.15, -0.1) is 6.61 Å². The van der Waals surface area contributed by atoms with Gasteiger partial charge in [-0.1, -0.05) is 88.4 Å². The third kappa shape index (κ3) is 17.3. The van der Waals surface area contributed by atoms with Crippen molar-refractivity contribution in [3.05, 3.63) is 75.5 Å². The van der Waals surface area contributed by atoms with Gasteiger partial charge in [0.1, 0.15) is 23.5 Å². The second-order valence-electron chi connectivity index (χ2n) is 9.94. The smallest absolute Gasteiger partial charge is 0.855 e. The van der Waals surface area contributed by atoms with Crippen LogP contribution < -0.4 is 34.7 Å². The van der Waals surface area contributed by atoms with Crippen LogP contribution in [0, 0.1) is 5.92 Å². The molecule has 3 aromatic rings. The largest absolute Gasteiger partial charge is 1.00 e. The quantitative estimate of drug-likeness (QED) is 0.0812. The standard InChI is InChI=1S/C15H14ClNO3.C8H12O3.C7H5Cl2NO.C2H6O.C2H5O.Na/c1-2-19-15(18)12-13(10-5-3-4-6-11(10)16)17-20-14(12)9-7-8-9;1-2-11-8(10)5-7(9)6-3-4-6;8-6-4-2-1-3-5(6)7(9)10-11;2*1-2-3;/h3-6,9H,2,7-8H2,1H3;6H,2-5H2,1H3;1-4,11H;3H,2H2,1H3;2H2,1H3;/q;;;;-1;+1/b;;10-7-;;;. The molecule has 0 amide bonds. The van der Waals surface area contributed by atoms with Crippen LogP contribution in [0.3, 0.4) is 0 Å². The van der Waals surface area contributed by atoms with Crippen LogP contribution in [0.25, 0.3) is 11.3 Å². The number of carbonyl (C=O) groups excluding carboxylic acids is 3. The summed E-state index contributed by atoms with van der Waals surface area (Å²) in [4.78, 5) is 33.9. The molecule has 1 heterocycles. The van der Waals surface area contributed by atoms with Crippen molar-refractivity contribution in [2.75, 3.05) is 26.4 Å². The Balaban J connectivity index is 0.000000684. The van der Waals surface area contributed by atoms with Crippen molar-refractivity contribution in [1.82, 2.24) is 5.16 Å². The van der Waals surface area contributed by atoms with E-state index in [0.717, 1.165) is 25.7 Å². The molecule has 0 bridgehead atoms. The molecule has 0 spiro atoms. The molecule has 0 unspecified atom stereocenters. The number of esters is 2. The first kappa shape index (κ1) is 46.5. The second-order valence-corrected chi connectivity index (χ2v) is 11.1. The molecule has 5 rings (SSSR count). The molecule has 0 radical (unpaired) electrons. The Morgan fingerprint density at radius 1 is 0.939 bits per heavy atom. The number of nitrogens with zero attached hydrogens (tertiary/aromatic N) is 2. The van der Waals surface area contributed by atoms with E-state index in [1.165, 1.54) is 0 Å². The first-order valence-electron chi connectivity index (χ1n) is 15.5. The van der Waals surface area contributed by atoms with Gasteiger partial charge in [0.25, 0.3) is 0 Å². The zero-order chi connectivity index (χ0) is 36.1. The molecule has 1 aromatic heterocycles. The summed E-state index contributed by atoms with van der Waals surface area (Å²) < 4.78 is 15.1. The summed E-state index contributed by atoms with van der Waals surface area (Å²) in [5.41, 5.74) is 2.10. The third-order valence-corrected chi connectivity index (χ3v) is 7.05. The van der Waals surface area contributed by atoms with Crippen molar-refractivity contribution < 1.29 is 73.4 Å². The number of hydrogen-bond acceptors (Lipinski definition) is 11. The first-order valence-corrected chi connectivity index (χ1v) is 16.6. The number of halogens is 3. The van der Waals surface area contributed by atoms with Gasteiger partial charge in [0.15, 0.2) is 10.9 Å². The van der Waals surface area contributed by atoms with Gasteiger partial charge in [-0.05, 0) is 58.6 Å². The Hall–Kier alpha value is -2.48. The summed E-state index contributed by atoms with van der Waals surface area (Å²) in [6, 6.07) is 14.1. The number of aromatic nitrogens is 1. The third-order valence-electron chi connectivity index (χ3n) is 6.12. The monoisotopic (exact) mass is 750 g/mol. The summed E-state index contributed by atoms with van der Waals surface area (Å²) >= 11 is 17.4. The molecule has 49 heavy (non-hydrogen) atoms. The first-order chi connectivity index (χ1) is 23.0. The number of ether oxygens (including phenoxy) is 2. The van der Waals surface area contributed by atoms with Crippen LogP contribution in [0.2, 0.25) is 10.0 Å². The molecule has 2 aliphatic carbocycles. The van der Waals surface area contributed by atoms with Gasteiger partial charge in [-0.3, -0.25) is 9.59 Å². The maximum Gasteiger partial charge on any atom is 1.00 e. The van der Waals surface area contributed by atoms with Crippen molar-refractivity contribution in [2.24, 2.45) is 11.1 Å². The number of benzene rings is 2. The predicted molar refractivity (Wildman–Crippen MR) is 183 cm³/mol. The van der Waals surface area contributed by atoms with E-state index in [9.17, 15) is 14.4 Å². The number of oxime groups is 1. The molecule has 11 nitrogen and oxygen atoms in total. The zero-order valence-electron chi connectivity index (χ0n) is 28.4. The van der Waals surface area contributed by atoms with Crippen molar-refractivity contribution in [3.8, 4) is 11.3 Å². The van der Waals surface area contributed by atoms with Crippen molar-refractivity contribution in [1.29, 1.82) is 0 Å². The Morgan fingerprint density at radius 3 is 1.94 bits per heavy atom. The van der Waals surface area contributed by atoms with Crippen LogP contribution in [0.4, 0.5) is 0 Å². The summed E-state index contributed by atoms with van der Waals surface area (Å²) in [6.07, 6.45) is 3.92. The van der Waals surface area contributed by atoms with Crippen LogP contribution in [-0.2, 0) is 19.1 Å². The molecule has 0 aliphatic heterocycles. The molecule has 2 saturated carbocycles. The van der Waals surface area contributed by atoms with Gasteiger partial charge in [-0.2, -0.15) is 0 Å². The van der Waals surface area contributed by atoms with Crippen LogP contribution in [0.1, 0.15) is 87.4 Å². The van der Waals surface area contributed by atoms with E-state index < -0.39 is 5.97 Å². The van der Waals surface area contributed by atoms with Gasteiger partial charge < -0.3 is 29.4 Å².